The number of carbonyl (C=O) groups is 1. The number of hydrogen-bond acceptors (Lipinski definition) is 6. The molecule has 1 saturated carbocycles. The van der Waals surface area contributed by atoms with E-state index in [4.69, 9.17) is 4.74 Å². The summed E-state index contributed by atoms with van der Waals surface area (Å²) in [6, 6.07) is 2.89. The first-order chi connectivity index (χ1) is 13.1. The Kier molecular flexibility index (Phi) is 3.49. The van der Waals surface area contributed by atoms with Crippen molar-refractivity contribution in [1.29, 1.82) is 0 Å². The molecule has 0 spiro atoms. The molecule has 0 unspecified atom stereocenters. The molecule has 27 heavy (non-hydrogen) atoms. The number of fused-ring (bicyclic) bond motifs is 2. The topological polar surface area (TPSA) is 93.4 Å². The van der Waals surface area contributed by atoms with E-state index in [9.17, 15) is 9.18 Å². The molecule has 6 rings (SSSR count). The number of nitrogens with zero attached hydrogens (tertiary/aromatic N) is 4. The molecular weight excluding hydrogens is 351 g/mol. The van der Waals surface area contributed by atoms with Crippen LogP contribution in [0.3, 0.4) is 0 Å². The van der Waals surface area contributed by atoms with Gasteiger partial charge in [-0.3, -0.25) is 4.79 Å². The van der Waals surface area contributed by atoms with Gasteiger partial charge in [0.15, 0.2) is 5.65 Å². The first-order valence-corrected chi connectivity index (χ1v) is 8.81. The number of pyridine rings is 1. The van der Waals surface area contributed by atoms with Crippen molar-refractivity contribution in [1.82, 2.24) is 24.9 Å². The van der Waals surface area contributed by atoms with Crippen molar-refractivity contribution in [3.05, 3.63) is 47.7 Å². The van der Waals surface area contributed by atoms with Crippen LogP contribution in [0.25, 0.3) is 5.65 Å². The van der Waals surface area contributed by atoms with Gasteiger partial charge in [0.2, 0.25) is 5.88 Å². The number of ether oxygens (including phenoxy) is 1. The summed E-state index contributed by atoms with van der Waals surface area (Å²) in [5.74, 6) is 0.312. The van der Waals surface area contributed by atoms with E-state index >= 15 is 0 Å². The molecule has 138 valence electrons. The highest BCUT2D eigenvalue weighted by Gasteiger charge is 2.34. The van der Waals surface area contributed by atoms with Crippen molar-refractivity contribution in [2.45, 2.75) is 38.0 Å². The first kappa shape index (κ1) is 16.0. The van der Waals surface area contributed by atoms with E-state index in [0.29, 0.717) is 41.3 Å². The highest BCUT2D eigenvalue weighted by Crippen LogP contribution is 2.32. The molecule has 1 amide bonds. The van der Waals surface area contributed by atoms with Gasteiger partial charge >= 0.3 is 0 Å². The Hall–Kier alpha value is -3.23. The Morgan fingerprint density at radius 2 is 2.15 bits per heavy atom. The summed E-state index contributed by atoms with van der Waals surface area (Å²) in [6.45, 7) is 1.88. The predicted molar refractivity (Wildman–Crippen MR) is 94.1 cm³/mol. The van der Waals surface area contributed by atoms with E-state index in [-0.39, 0.29) is 24.1 Å². The van der Waals surface area contributed by atoms with Gasteiger partial charge in [0.25, 0.3) is 5.91 Å². The van der Waals surface area contributed by atoms with Gasteiger partial charge < -0.3 is 15.4 Å². The van der Waals surface area contributed by atoms with Gasteiger partial charge in [0, 0.05) is 30.6 Å². The second-order valence-corrected chi connectivity index (χ2v) is 6.93. The quantitative estimate of drug-likeness (QED) is 0.631. The number of hydrogen-bond donors (Lipinski definition) is 2. The lowest BCUT2D eigenvalue weighted by atomic mass is 9.89. The standard InChI is InChI=1S/C18H17FN6O2/c1-9-13-4-10(19)7-20-18(13)27-12-5-11(6-12)23-17(26)14-8-21-25-3-2-15(22-9)24-16(14)25/h2-4,7-9,11-12H,5-6H2,1H3,(H,22,24)(H,23,26)/t9-,11?,12?/m1/s1. The number of aromatic nitrogens is 4. The van der Waals surface area contributed by atoms with Gasteiger partial charge in [-0.2, -0.15) is 5.10 Å². The van der Waals surface area contributed by atoms with Crippen LogP contribution in [0.15, 0.2) is 30.7 Å². The smallest absolute Gasteiger partial charge is 0.256 e. The summed E-state index contributed by atoms with van der Waals surface area (Å²) in [5, 5.41) is 10.4. The Morgan fingerprint density at radius 1 is 1.30 bits per heavy atom. The van der Waals surface area contributed by atoms with E-state index in [2.05, 4.69) is 25.7 Å². The zero-order valence-electron chi connectivity index (χ0n) is 14.5. The maximum absolute atomic E-state index is 13.8. The van der Waals surface area contributed by atoms with Gasteiger partial charge in [-0.15, -0.1) is 0 Å². The molecule has 3 aromatic rings. The lowest BCUT2D eigenvalue weighted by Crippen LogP contribution is -2.49. The van der Waals surface area contributed by atoms with Crippen LogP contribution in [-0.4, -0.2) is 37.6 Å². The van der Waals surface area contributed by atoms with E-state index in [1.807, 2.05) is 6.92 Å². The normalized spacial score (nSPS) is 24.2. The molecule has 4 bridgehead atoms. The maximum Gasteiger partial charge on any atom is 0.256 e. The summed E-state index contributed by atoms with van der Waals surface area (Å²) in [6.07, 6.45) is 5.66. The number of amides is 1. The van der Waals surface area contributed by atoms with Crippen LogP contribution in [0.4, 0.5) is 10.2 Å². The predicted octanol–water partition coefficient (Wildman–Crippen LogP) is 2.09. The molecule has 0 radical (unpaired) electrons. The Labute approximate surface area is 153 Å². The summed E-state index contributed by atoms with van der Waals surface area (Å²) < 4.78 is 21.3. The molecule has 8 nitrogen and oxygen atoms in total. The largest absolute Gasteiger partial charge is 0.474 e. The second kappa shape index (κ2) is 5.90. The summed E-state index contributed by atoms with van der Waals surface area (Å²) in [5.41, 5.74) is 1.50. The molecule has 9 heteroatoms. The number of anilines is 1. The number of nitrogens with one attached hydrogen (secondary N) is 2. The van der Waals surface area contributed by atoms with Crippen molar-refractivity contribution in [2.75, 3.05) is 5.32 Å². The molecule has 0 saturated heterocycles. The molecule has 3 aliphatic rings. The molecule has 5 heterocycles. The van der Waals surface area contributed by atoms with E-state index < -0.39 is 5.82 Å². The third-order valence-electron chi connectivity index (χ3n) is 5.00. The lowest BCUT2D eigenvalue weighted by molar-refractivity contribution is 0.0671. The van der Waals surface area contributed by atoms with Crippen molar-refractivity contribution in [2.24, 2.45) is 0 Å². The van der Waals surface area contributed by atoms with E-state index in [1.165, 1.54) is 12.3 Å². The van der Waals surface area contributed by atoms with Crippen LogP contribution in [0, 0.1) is 5.82 Å². The minimum Gasteiger partial charge on any atom is -0.474 e. The third kappa shape index (κ3) is 2.75. The molecule has 2 aliphatic heterocycles. The van der Waals surface area contributed by atoms with Crippen molar-refractivity contribution >= 4 is 17.4 Å². The van der Waals surface area contributed by atoms with Gasteiger partial charge in [-0.25, -0.2) is 18.9 Å². The van der Waals surface area contributed by atoms with Crippen LogP contribution in [-0.2, 0) is 0 Å². The molecule has 1 atom stereocenters. The minimum absolute atomic E-state index is 0.0167. The van der Waals surface area contributed by atoms with Crippen LogP contribution in [0.2, 0.25) is 0 Å². The van der Waals surface area contributed by atoms with Crippen LogP contribution in [0.1, 0.15) is 41.7 Å². The number of rotatable bonds is 0. The van der Waals surface area contributed by atoms with Gasteiger partial charge in [0.1, 0.15) is 23.3 Å². The van der Waals surface area contributed by atoms with Gasteiger partial charge in [0.05, 0.1) is 18.4 Å². The fraction of sp³-hybridized carbons (Fsp3) is 0.333. The average molecular weight is 368 g/mol. The van der Waals surface area contributed by atoms with Gasteiger partial charge in [-0.05, 0) is 19.1 Å². The Morgan fingerprint density at radius 3 is 3.00 bits per heavy atom. The van der Waals surface area contributed by atoms with Gasteiger partial charge in [-0.1, -0.05) is 0 Å². The first-order valence-electron chi connectivity index (χ1n) is 8.81. The summed E-state index contributed by atoms with van der Waals surface area (Å²) in [4.78, 5) is 21.2. The lowest BCUT2D eigenvalue weighted by Gasteiger charge is -2.36. The van der Waals surface area contributed by atoms with Crippen molar-refractivity contribution in [3.63, 3.8) is 0 Å². The molecule has 0 aromatic carbocycles. The van der Waals surface area contributed by atoms with Crippen LogP contribution >= 0.6 is 0 Å². The number of carbonyl (C=O) groups excluding carboxylic acids is 1. The van der Waals surface area contributed by atoms with Crippen LogP contribution in [0.5, 0.6) is 5.88 Å². The molecule has 2 N–H and O–H groups in total. The second-order valence-electron chi connectivity index (χ2n) is 6.93. The fourth-order valence-corrected chi connectivity index (χ4v) is 3.46. The zero-order valence-corrected chi connectivity index (χ0v) is 14.5. The summed E-state index contributed by atoms with van der Waals surface area (Å²) >= 11 is 0. The molecule has 1 aliphatic carbocycles. The van der Waals surface area contributed by atoms with E-state index in [1.54, 1.807) is 16.8 Å². The van der Waals surface area contributed by atoms with E-state index in [0.717, 1.165) is 6.20 Å². The highest BCUT2D eigenvalue weighted by molar-refractivity contribution is 6.00. The molecule has 1 fully saturated rings. The highest BCUT2D eigenvalue weighted by atomic mass is 19.1. The summed E-state index contributed by atoms with van der Waals surface area (Å²) in [7, 11) is 0. The minimum atomic E-state index is -0.424. The number of halogens is 1. The Bertz CT molecular complexity index is 1050. The molecular formula is C18H17FN6O2. The third-order valence-corrected chi connectivity index (χ3v) is 5.00. The SMILES string of the molecule is C[C@H]1Nc2ccn3ncc(c3n2)C(=O)NC2CC(C2)Oc2ncc(F)cc21. The molecule has 3 aromatic heterocycles. The Balaban J connectivity index is 1.60. The van der Waals surface area contributed by atoms with Crippen molar-refractivity contribution < 1.29 is 13.9 Å². The average Bonchev–Trinajstić information content (AvgIpc) is 3.03. The maximum atomic E-state index is 13.8. The van der Waals surface area contributed by atoms with Crippen LogP contribution < -0.4 is 15.4 Å². The fourth-order valence-electron chi connectivity index (χ4n) is 3.46. The zero-order chi connectivity index (χ0) is 18.5. The monoisotopic (exact) mass is 368 g/mol. The van der Waals surface area contributed by atoms with Crippen molar-refractivity contribution in [3.8, 4) is 5.88 Å².